The number of aromatic hydroxyl groups is 1. The molecule has 1 atom stereocenters. The summed E-state index contributed by atoms with van der Waals surface area (Å²) in [5.41, 5.74) is 8.03. The first kappa shape index (κ1) is 12.7. The maximum atomic E-state index is 9.84. The fraction of sp³-hybridized carbons (Fsp3) is 0.231. The van der Waals surface area contributed by atoms with Crippen LogP contribution in [0.5, 0.6) is 17.2 Å². The summed E-state index contributed by atoms with van der Waals surface area (Å²) in [4.78, 5) is 0. The van der Waals surface area contributed by atoms with E-state index in [1.807, 2.05) is 16.8 Å². The number of methoxy groups -OCH3 is 2. The van der Waals surface area contributed by atoms with E-state index in [2.05, 4.69) is 0 Å². The lowest BCUT2D eigenvalue weighted by molar-refractivity contribution is 0.339. The monoisotopic (exact) mass is 265 g/mol. The van der Waals surface area contributed by atoms with E-state index in [0.717, 1.165) is 11.1 Å². The molecule has 0 bridgehead atoms. The van der Waals surface area contributed by atoms with Crippen molar-refractivity contribution >= 4 is 11.3 Å². The third-order valence-electron chi connectivity index (χ3n) is 2.76. The van der Waals surface area contributed by atoms with Crippen molar-refractivity contribution in [2.24, 2.45) is 5.73 Å². The number of thiophene rings is 1. The van der Waals surface area contributed by atoms with Crippen molar-refractivity contribution in [3.05, 3.63) is 40.1 Å². The Bertz CT molecular complexity index is 500. The average Bonchev–Trinajstić information content (AvgIpc) is 2.92. The number of hydrogen-bond acceptors (Lipinski definition) is 5. The van der Waals surface area contributed by atoms with E-state index in [-0.39, 0.29) is 11.8 Å². The van der Waals surface area contributed by atoms with E-state index in [4.69, 9.17) is 15.2 Å². The minimum Gasteiger partial charge on any atom is -0.502 e. The summed E-state index contributed by atoms with van der Waals surface area (Å²) in [6, 6.07) is 5.15. The first-order valence-electron chi connectivity index (χ1n) is 5.40. The zero-order chi connectivity index (χ0) is 13.1. The highest BCUT2D eigenvalue weighted by Crippen LogP contribution is 2.39. The number of nitrogens with two attached hydrogens (primary N) is 1. The summed E-state index contributed by atoms with van der Waals surface area (Å²) in [6.07, 6.45) is 0. The van der Waals surface area contributed by atoms with Crippen LogP contribution >= 0.6 is 11.3 Å². The van der Waals surface area contributed by atoms with E-state index in [1.165, 1.54) is 14.2 Å². The van der Waals surface area contributed by atoms with Gasteiger partial charge in [0.1, 0.15) is 0 Å². The maximum Gasteiger partial charge on any atom is 0.200 e. The van der Waals surface area contributed by atoms with Gasteiger partial charge in [-0.1, -0.05) is 0 Å². The van der Waals surface area contributed by atoms with Crippen LogP contribution in [0.4, 0.5) is 0 Å². The lowest BCUT2D eigenvalue weighted by atomic mass is 10.0. The molecule has 1 aromatic carbocycles. The van der Waals surface area contributed by atoms with Crippen LogP contribution in [-0.2, 0) is 0 Å². The summed E-state index contributed by atoms with van der Waals surface area (Å²) >= 11 is 1.59. The Balaban J connectivity index is 2.45. The van der Waals surface area contributed by atoms with Gasteiger partial charge in [-0.25, -0.2) is 0 Å². The SMILES string of the molecule is COc1cc([C@@H](N)c2ccsc2)cc(OC)c1O. The smallest absolute Gasteiger partial charge is 0.200 e. The van der Waals surface area contributed by atoms with Gasteiger partial charge in [0.2, 0.25) is 5.75 Å². The predicted octanol–water partition coefficient (Wildman–Crippen LogP) is 2.52. The molecule has 0 spiro atoms. The Hall–Kier alpha value is -1.72. The van der Waals surface area contributed by atoms with Crippen molar-refractivity contribution in [3.8, 4) is 17.2 Å². The molecule has 5 heteroatoms. The van der Waals surface area contributed by atoms with Crippen LogP contribution in [0.1, 0.15) is 17.2 Å². The molecule has 0 saturated heterocycles. The van der Waals surface area contributed by atoms with Crippen LogP contribution in [-0.4, -0.2) is 19.3 Å². The second-order valence-corrected chi connectivity index (χ2v) is 4.59. The van der Waals surface area contributed by atoms with Crippen molar-refractivity contribution in [3.63, 3.8) is 0 Å². The molecule has 2 aromatic rings. The normalized spacial score (nSPS) is 12.2. The molecule has 0 aliphatic rings. The molecular weight excluding hydrogens is 250 g/mol. The van der Waals surface area contributed by atoms with Gasteiger partial charge in [-0.3, -0.25) is 0 Å². The van der Waals surface area contributed by atoms with Gasteiger partial charge in [0.15, 0.2) is 11.5 Å². The minimum absolute atomic E-state index is 0.0127. The van der Waals surface area contributed by atoms with Crippen LogP contribution in [0.25, 0.3) is 0 Å². The molecule has 1 aromatic heterocycles. The Kier molecular flexibility index (Phi) is 3.74. The van der Waals surface area contributed by atoms with E-state index in [0.29, 0.717) is 11.5 Å². The number of benzene rings is 1. The number of rotatable bonds is 4. The standard InChI is InChI=1S/C13H15NO3S/c1-16-10-5-9(6-11(17-2)13(10)15)12(14)8-3-4-18-7-8/h3-7,12,15H,14H2,1-2H3/t12-/m0/s1. The molecule has 0 unspecified atom stereocenters. The molecule has 0 amide bonds. The van der Waals surface area contributed by atoms with Gasteiger partial charge >= 0.3 is 0 Å². The van der Waals surface area contributed by atoms with Gasteiger partial charge in [-0.05, 0) is 40.1 Å². The third-order valence-corrected chi connectivity index (χ3v) is 3.47. The summed E-state index contributed by atoms with van der Waals surface area (Å²) in [7, 11) is 2.99. The van der Waals surface area contributed by atoms with E-state index >= 15 is 0 Å². The maximum absolute atomic E-state index is 9.84. The molecule has 4 nitrogen and oxygen atoms in total. The summed E-state index contributed by atoms with van der Waals surface area (Å²) < 4.78 is 10.2. The molecule has 0 aliphatic heterocycles. The molecule has 2 rings (SSSR count). The van der Waals surface area contributed by atoms with Crippen molar-refractivity contribution < 1.29 is 14.6 Å². The summed E-state index contributed by atoms with van der Waals surface area (Å²) in [5, 5.41) is 13.8. The number of hydrogen-bond donors (Lipinski definition) is 2. The molecule has 0 aliphatic carbocycles. The number of phenolic OH excluding ortho intramolecular Hbond substituents is 1. The highest BCUT2D eigenvalue weighted by molar-refractivity contribution is 7.08. The average molecular weight is 265 g/mol. The summed E-state index contributed by atoms with van der Waals surface area (Å²) in [5.74, 6) is 0.700. The fourth-order valence-electron chi connectivity index (χ4n) is 1.74. The lowest BCUT2D eigenvalue weighted by Crippen LogP contribution is -2.11. The Morgan fingerprint density at radius 3 is 2.22 bits per heavy atom. The number of ether oxygens (including phenoxy) is 2. The zero-order valence-electron chi connectivity index (χ0n) is 10.2. The van der Waals surface area contributed by atoms with E-state index < -0.39 is 0 Å². The highest BCUT2D eigenvalue weighted by atomic mass is 32.1. The largest absolute Gasteiger partial charge is 0.502 e. The van der Waals surface area contributed by atoms with E-state index in [9.17, 15) is 5.11 Å². The van der Waals surface area contributed by atoms with Crippen molar-refractivity contribution in [2.75, 3.05) is 14.2 Å². The topological polar surface area (TPSA) is 64.7 Å². The predicted molar refractivity (Wildman–Crippen MR) is 71.6 cm³/mol. The molecule has 0 fully saturated rings. The molecule has 1 heterocycles. The van der Waals surface area contributed by atoms with Crippen LogP contribution < -0.4 is 15.2 Å². The van der Waals surface area contributed by atoms with E-state index in [1.54, 1.807) is 23.5 Å². The Morgan fingerprint density at radius 1 is 1.17 bits per heavy atom. The molecule has 18 heavy (non-hydrogen) atoms. The second kappa shape index (κ2) is 5.29. The van der Waals surface area contributed by atoms with Crippen molar-refractivity contribution in [1.82, 2.24) is 0 Å². The molecule has 3 N–H and O–H groups in total. The van der Waals surface area contributed by atoms with Crippen LogP contribution in [0.15, 0.2) is 29.0 Å². The number of phenols is 1. The van der Waals surface area contributed by atoms with Gasteiger partial charge in [0, 0.05) is 0 Å². The fourth-order valence-corrected chi connectivity index (χ4v) is 2.43. The molecule has 0 radical (unpaired) electrons. The Morgan fingerprint density at radius 2 is 1.78 bits per heavy atom. The summed E-state index contributed by atoms with van der Waals surface area (Å²) in [6.45, 7) is 0. The molecular formula is C13H15NO3S. The van der Waals surface area contributed by atoms with Gasteiger partial charge in [0.05, 0.1) is 20.3 Å². The van der Waals surface area contributed by atoms with Gasteiger partial charge in [0.25, 0.3) is 0 Å². The van der Waals surface area contributed by atoms with Gasteiger partial charge < -0.3 is 20.3 Å². The Labute approximate surface area is 110 Å². The molecule has 96 valence electrons. The lowest BCUT2D eigenvalue weighted by Gasteiger charge is -2.15. The quantitative estimate of drug-likeness (QED) is 0.891. The minimum atomic E-state index is -0.264. The van der Waals surface area contributed by atoms with Gasteiger partial charge in [-0.15, -0.1) is 0 Å². The second-order valence-electron chi connectivity index (χ2n) is 3.81. The first-order valence-corrected chi connectivity index (χ1v) is 6.34. The van der Waals surface area contributed by atoms with Gasteiger partial charge in [-0.2, -0.15) is 11.3 Å². The molecule has 0 saturated carbocycles. The van der Waals surface area contributed by atoms with Crippen LogP contribution in [0.3, 0.4) is 0 Å². The van der Waals surface area contributed by atoms with Crippen molar-refractivity contribution in [1.29, 1.82) is 0 Å². The zero-order valence-corrected chi connectivity index (χ0v) is 11.0. The van der Waals surface area contributed by atoms with Crippen molar-refractivity contribution in [2.45, 2.75) is 6.04 Å². The highest BCUT2D eigenvalue weighted by Gasteiger charge is 2.16. The first-order chi connectivity index (χ1) is 8.67. The van der Waals surface area contributed by atoms with Crippen LogP contribution in [0.2, 0.25) is 0 Å². The third kappa shape index (κ3) is 2.27. The van der Waals surface area contributed by atoms with Crippen LogP contribution in [0, 0.1) is 0 Å².